The summed E-state index contributed by atoms with van der Waals surface area (Å²) in [5.74, 6) is 0. The Balaban J connectivity index is 2.02. The van der Waals surface area contributed by atoms with Gasteiger partial charge >= 0.3 is 0 Å². The van der Waals surface area contributed by atoms with Gasteiger partial charge in [-0.3, -0.25) is 4.90 Å². The van der Waals surface area contributed by atoms with Crippen molar-refractivity contribution in [2.45, 2.75) is 44.2 Å². The van der Waals surface area contributed by atoms with Crippen molar-refractivity contribution in [1.82, 2.24) is 4.90 Å². The molecular weight excluding hydrogens is 178 g/mol. The molecule has 82 valence electrons. The molecule has 1 heterocycles. The molecule has 1 aliphatic carbocycles. The molecule has 0 aromatic heterocycles. The van der Waals surface area contributed by atoms with Crippen LogP contribution in [0.15, 0.2) is 0 Å². The largest absolute Gasteiger partial charge is 0.395 e. The summed E-state index contributed by atoms with van der Waals surface area (Å²) in [4.78, 5) is 2.35. The number of aliphatic hydroxyl groups excluding tert-OH is 1. The van der Waals surface area contributed by atoms with Crippen LogP contribution in [0.1, 0.15) is 38.5 Å². The van der Waals surface area contributed by atoms with Crippen LogP contribution in [0.25, 0.3) is 0 Å². The monoisotopic (exact) mass is 199 g/mol. The van der Waals surface area contributed by atoms with E-state index in [0.717, 1.165) is 32.5 Å². The molecule has 1 N–H and O–H groups in total. The molecule has 3 heteroatoms. The van der Waals surface area contributed by atoms with E-state index in [-0.39, 0.29) is 12.3 Å². The zero-order chi connectivity index (χ0) is 9.86. The van der Waals surface area contributed by atoms with Crippen molar-refractivity contribution in [3.63, 3.8) is 0 Å². The lowest BCUT2D eigenvalue weighted by atomic mass is 10.0. The minimum absolute atomic E-state index is 0.000764. The van der Waals surface area contributed by atoms with Crippen LogP contribution in [0.3, 0.4) is 0 Å². The van der Waals surface area contributed by atoms with Gasteiger partial charge in [0.05, 0.1) is 13.2 Å². The van der Waals surface area contributed by atoms with E-state index in [0.29, 0.717) is 0 Å². The Hall–Kier alpha value is -0.120. The van der Waals surface area contributed by atoms with E-state index < -0.39 is 0 Å². The second-order valence-corrected chi connectivity index (χ2v) is 4.42. The Morgan fingerprint density at radius 2 is 1.86 bits per heavy atom. The van der Waals surface area contributed by atoms with Gasteiger partial charge in [0.15, 0.2) is 0 Å². The Morgan fingerprint density at radius 3 is 2.50 bits per heavy atom. The van der Waals surface area contributed by atoms with Crippen LogP contribution in [0.5, 0.6) is 0 Å². The molecule has 2 rings (SSSR count). The van der Waals surface area contributed by atoms with Crippen LogP contribution >= 0.6 is 0 Å². The summed E-state index contributed by atoms with van der Waals surface area (Å²) in [6.07, 6.45) is 7.57. The fraction of sp³-hybridized carbons (Fsp3) is 1.00. The van der Waals surface area contributed by atoms with Crippen molar-refractivity contribution in [2.75, 3.05) is 26.3 Å². The summed E-state index contributed by atoms with van der Waals surface area (Å²) in [7, 11) is 0. The summed E-state index contributed by atoms with van der Waals surface area (Å²) >= 11 is 0. The summed E-state index contributed by atoms with van der Waals surface area (Å²) in [6, 6.07) is 0. The molecule has 1 aliphatic heterocycles. The molecule has 0 bridgehead atoms. The second kappa shape index (κ2) is 4.60. The van der Waals surface area contributed by atoms with Gasteiger partial charge in [0, 0.05) is 13.1 Å². The van der Waals surface area contributed by atoms with E-state index >= 15 is 0 Å². The number of hydrogen-bond donors (Lipinski definition) is 1. The van der Waals surface area contributed by atoms with Gasteiger partial charge in [-0.2, -0.15) is 0 Å². The van der Waals surface area contributed by atoms with Gasteiger partial charge < -0.3 is 9.84 Å². The Labute approximate surface area is 86.0 Å². The lowest BCUT2D eigenvalue weighted by Gasteiger charge is -2.36. The van der Waals surface area contributed by atoms with E-state index in [1.807, 2.05) is 0 Å². The van der Waals surface area contributed by atoms with Crippen LogP contribution in [-0.4, -0.2) is 42.0 Å². The van der Waals surface area contributed by atoms with Crippen molar-refractivity contribution >= 4 is 0 Å². The highest BCUT2D eigenvalue weighted by atomic mass is 16.5. The summed E-state index contributed by atoms with van der Waals surface area (Å²) in [5.41, 5.74) is -0.000764. The van der Waals surface area contributed by atoms with E-state index in [1.165, 1.54) is 25.7 Å². The number of aliphatic hydroxyl groups is 1. The molecule has 0 unspecified atom stereocenters. The summed E-state index contributed by atoms with van der Waals surface area (Å²) < 4.78 is 5.94. The van der Waals surface area contributed by atoms with Crippen molar-refractivity contribution in [3.05, 3.63) is 0 Å². The molecule has 3 nitrogen and oxygen atoms in total. The molecule has 1 saturated carbocycles. The molecule has 2 aliphatic rings. The number of ether oxygens (including phenoxy) is 1. The first-order valence-electron chi connectivity index (χ1n) is 5.87. The highest BCUT2D eigenvalue weighted by Crippen LogP contribution is 2.36. The first kappa shape index (κ1) is 10.4. The Kier molecular flexibility index (Phi) is 3.42. The molecule has 0 atom stereocenters. The quantitative estimate of drug-likeness (QED) is 0.729. The minimum atomic E-state index is -0.000764. The van der Waals surface area contributed by atoms with Gasteiger partial charge in [0.1, 0.15) is 5.72 Å². The fourth-order valence-electron chi connectivity index (χ4n) is 2.82. The van der Waals surface area contributed by atoms with Gasteiger partial charge in [0.25, 0.3) is 0 Å². The smallest absolute Gasteiger partial charge is 0.121 e. The number of nitrogens with zero attached hydrogens (tertiary/aromatic N) is 1. The van der Waals surface area contributed by atoms with Gasteiger partial charge in [-0.1, -0.05) is 12.8 Å². The average molecular weight is 199 g/mol. The maximum atomic E-state index is 9.01. The third kappa shape index (κ3) is 1.95. The maximum absolute atomic E-state index is 9.01. The first-order valence-corrected chi connectivity index (χ1v) is 5.87. The molecule has 1 saturated heterocycles. The highest BCUT2D eigenvalue weighted by Gasteiger charge is 2.41. The number of β-amino-alcohol motifs (C(OH)–C–C–N with tert-alkyl or cyclic N) is 1. The van der Waals surface area contributed by atoms with Gasteiger partial charge in [-0.25, -0.2) is 0 Å². The fourth-order valence-corrected chi connectivity index (χ4v) is 2.82. The Morgan fingerprint density at radius 1 is 1.14 bits per heavy atom. The van der Waals surface area contributed by atoms with E-state index in [2.05, 4.69) is 4.90 Å². The third-order valence-electron chi connectivity index (χ3n) is 3.56. The van der Waals surface area contributed by atoms with Crippen molar-refractivity contribution in [3.8, 4) is 0 Å². The summed E-state index contributed by atoms with van der Waals surface area (Å²) in [6.45, 7) is 2.88. The molecule has 0 amide bonds. The predicted molar refractivity (Wildman–Crippen MR) is 55.0 cm³/mol. The molecule has 2 fully saturated rings. The maximum Gasteiger partial charge on any atom is 0.121 e. The van der Waals surface area contributed by atoms with Crippen LogP contribution in [-0.2, 0) is 4.74 Å². The summed E-state index contributed by atoms with van der Waals surface area (Å²) in [5, 5.41) is 9.01. The standard InChI is InChI=1S/C11H21NO2/c13-9-7-12-8-10-14-11(12)5-3-1-2-4-6-11/h13H,1-10H2. The van der Waals surface area contributed by atoms with E-state index in [1.54, 1.807) is 0 Å². The van der Waals surface area contributed by atoms with Crippen LogP contribution in [0.2, 0.25) is 0 Å². The number of rotatable bonds is 2. The van der Waals surface area contributed by atoms with Gasteiger partial charge in [-0.15, -0.1) is 0 Å². The normalized spacial score (nSPS) is 28.1. The third-order valence-corrected chi connectivity index (χ3v) is 3.56. The zero-order valence-electron chi connectivity index (χ0n) is 8.87. The highest BCUT2D eigenvalue weighted by molar-refractivity contribution is 4.87. The van der Waals surface area contributed by atoms with Crippen molar-refractivity contribution in [1.29, 1.82) is 0 Å². The molecule has 0 aromatic carbocycles. The lowest BCUT2D eigenvalue weighted by molar-refractivity contribution is -0.0959. The number of hydrogen-bond acceptors (Lipinski definition) is 3. The van der Waals surface area contributed by atoms with Crippen molar-refractivity contribution in [2.24, 2.45) is 0 Å². The van der Waals surface area contributed by atoms with Crippen LogP contribution < -0.4 is 0 Å². The topological polar surface area (TPSA) is 32.7 Å². The second-order valence-electron chi connectivity index (χ2n) is 4.42. The zero-order valence-corrected chi connectivity index (χ0v) is 8.87. The first-order chi connectivity index (χ1) is 6.87. The van der Waals surface area contributed by atoms with Crippen LogP contribution in [0, 0.1) is 0 Å². The minimum Gasteiger partial charge on any atom is -0.395 e. The molecule has 0 radical (unpaired) electrons. The molecule has 1 spiro atoms. The van der Waals surface area contributed by atoms with E-state index in [4.69, 9.17) is 9.84 Å². The molecule has 0 aromatic rings. The molecule has 14 heavy (non-hydrogen) atoms. The van der Waals surface area contributed by atoms with Crippen LogP contribution in [0.4, 0.5) is 0 Å². The Bertz CT molecular complexity index is 176. The van der Waals surface area contributed by atoms with Gasteiger partial charge in [0.2, 0.25) is 0 Å². The lowest BCUT2D eigenvalue weighted by Crippen LogP contribution is -2.45. The average Bonchev–Trinajstić information content (AvgIpc) is 2.44. The van der Waals surface area contributed by atoms with Gasteiger partial charge in [-0.05, 0) is 25.7 Å². The van der Waals surface area contributed by atoms with Crippen molar-refractivity contribution < 1.29 is 9.84 Å². The molecular formula is C11H21NO2. The predicted octanol–water partition coefficient (Wildman–Crippen LogP) is 1.36. The SMILES string of the molecule is OCCN1CCOC12CCCCCC2. The van der Waals surface area contributed by atoms with E-state index in [9.17, 15) is 0 Å².